The molecule has 4 unspecified atom stereocenters. The zero-order valence-electron chi connectivity index (χ0n) is 20.3. The number of benzene rings is 1. The maximum Gasteiger partial charge on any atom is 0.314 e. The van der Waals surface area contributed by atoms with Crippen molar-refractivity contribution in [3.8, 4) is 11.8 Å². The Morgan fingerprint density at radius 2 is 1.79 bits per heavy atom. The van der Waals surface area contributed by atoms with Gasteiger partial charge in [0.2, 0.25) is 5.82 Å². The first-order chi connectivity index (χ1) is 16.5. The lowest BCUT2D eigenvalue weighted by molar-refractivity contribution is -0.144. The molecule has 0 bridgehead atoms. The molecule has 0 spiro atoms. The molecule has 34 heavy (non-hydrogen) atoms. The fraction of sp³-hybridized carbons (Fsp3) is 0.655. The number of carbonyl (C=O) groups excluding carboxylic acids is 1. The summed E-state index contributed by atoms with van der Waals surface area (Å²) in [7, 11) is 0. The van der Waals surface area contributed by atoms with Crippen LogP contribution in [0.1, 0.15) is 89.5 Å². The number of carbonyl (C=O) groups is 1. The van der Waals surface area contributed by atoms with E-state index < -0.39 is 23.4 Å². The van der Waals surface area contributed by atoms with E-state index in [4.69, 9.17) is 10.00 Å². The van der Waals surface area contributed by atoms with Crippen molar-refractivity contribution >= 4 is 5.97 Å². The molecule has 3 aliphatic carbocycles. The van der Waals surface area contributed by atoms with Crippen LogP contribution in [0.4, 0.5) is 8.78 Å². The third-order valence-corrected chi connectivity index (χ3v) is 8.90. The van der Waals surface area contributed by atoms with Crippen molar-refractivity contribution in [1.29, 1.82) is 5.26 Å². The van der Waals surface area contributed by atoms with E-state index >= 15 is 0 Å². The number of halogens is 2. The summed E-state index contributed by atoms with van der Waals surface area (Å²) in [6, 6.07) is 3.94. The molecule has 0 aliphatic heterocycles. The van der Waals surface area contributed by atoms with E-state index in [9.17, 15) is 13.6 Å². The summed E-state index contributed by atoms with van der Waals surface area (Å²) >= 11 is 0. The SMILES string of the molecule is C/C=C/CCC1CCC(C2CCC3C(CCCC3C(=O)Oc3ccc(C#N)c(F)c3F)C2)CC1. The molecule has 3 saturated carbocycles. The van der Waals surface area contributed by atoms with Crippen LogP contribution in [0.5, 0.6) is 5.75 Å². The topological polar surface area (TPSA) is 50.1 Å². The molecule has 3 aliphatic rings. The summed E-state index contributed by atoms with van der Waals surface area (Å²) in [5.41, 5.74) is -0.389. The first kappa shape index (κ1) is 24.9. The minimum absolute atomic E-state index is 0.250. The summed E-state index contributed by atoms with van der Waals surface area (Å²) in [6.45, 7) is 2.09. The molecule has 4 atom stereocenters. The van der Waals surface area contributed by atoms with Gasteiger partial charge in [0.05, 0.1) is 11.5 Å². The van der Waals surface area contributed by atoms with E-state index in [1.807, 2.05) is 0 Å². The van der Waals surface area contributed by atoms with E-state index in [-0.39, 0.29) is 17.4 Å². The normalized spacial score (nSPS) is 31.6. The minimum atomic E-state index is -1.26. The largest absolute Gasteiger partial charge is 0.423 e. The maximum atomic E-state index is 14.3. The average Bonchev–Trinajstić information content (AvgIpc) is 2.87. The molecule has 3 nitrogen and oxygen atoms in total. The van der Waals surface area contributed by atoms with Crippen LogP contribution < -0.4 is 4.74 Å². The van der Waals surface area contributed by atoms with Crippen molar-refractivity contribution in [2.75, 3.05) is 0 Å². The summed E-state index contributed by atoms with van der Waals surface area (Å²) in [4.78, 5) is 13.0. The van der Waals surface area contributed by atoms with Gasteiger partial charge in [-0.2, -0.15) is 9.65 Å². The van der Waals surface area contributed by atoms with Crippen LogP contribution >= 0.6 is 0 Å². The van der Waals surface area contributed by atoms with Gasteiger partial charge in [-0.25, -0.2) is 4.39 Å². The average molecular weight is 470 g/mol. The monoisotopic (exact) mass is 469 g/mol. The maximum absolute atomic E-state index is 14.3. The van der Waals surface area contributed by atoms with Gasteiger partial charge in [-0.3, -0.25) is 4.79 Å². The third-order valence-electron chi connectivity index (χ3n) is 8.90. The Kier molecular flexibility index (Phi) is 8.40. The van der Waals surface area contributed by atoms with Crippen LogP contribution in [0, 0.1) is 58.5 Å². The number of esters is 1. The molecule has 0 N–H and O–H groups in total. The van der Waals surface area contributed by atoms with Gasteiger partial charge in [0.25, 0.3) is 0 Å². The lowest BCUT2D eigenvalue weighted by Crippen LogP contribution is -2.40. The second kappa shape index (κ2) is 11.5. The van der Waals surface area contributed by atoms with E-state index in [2.05, 4.69) is 19.1 Å². The van der Waals surface area contributed by atoms with Gasteiger partial charge in [0, 0.05) is 0 Å². The van der Waals surface area contributed by atoms with Crippen molar-refractivity contribution in [1.82, 2.24) is 0 Å². The van der Waals surface area contributed by atoms with Crippen molar-refractivity contribution in [3.63, 3.8) is 0 Å². The Bertz CT molecular complexity index is 929. The number of ether oxygens (including phenoxy) is 1. The standard InChI is InChI=1S/C29H37F2NO2/c1-2-3-4-6-19-9-11-20(12-10-19)21-13-15-24-22(17-21)7-5-8-25(24)29(33)34-26-16-14-23(18-32)27(30)28(26)31/h2-3,14,16,19-22,24-25H,4-13,15,17H2,1H3/b3-2+. The Morgan fingerprint density at radius 1 is 1.03 bits per heavy atom. The van der Waals surface area contributed by atoms with Crippen molar-refractivity contribution in [3.05, 3.63) is 41.5 Å². The molecule has 0 amide bonds. The van der Waals surface area contributed by atoms with Gasteiger partial charge >= 0.3 is 5.97 Å². The molecule has 1 aromatic rings. The lowest BCUT2D eigenvalue weighted by Gasteiger charge is -2.46. The summed E-state index contributed by atoms with van der Waals surface area (Å²) < 4.78 is 33.6. The molecular weight excluding hydrogens is 432 g/mol. The molecular formula is C29H37F2NO2. The molecule has 3 fully saturated rings. The smallest absolute Gasteiger partial charge is 0.314 e. The molecule has 5 heteroatoms. The molecule has 0 aromatic heterocycles. The predicted molar refractivity (Wildman–Crippen MR) is 128 cm³/mol. The second-order valence-corrected chi connectivity index (χ2v) is 10.7. The first-order valence-electron chi connectivity index (χ1n) is 13.2. The molecule has 0 saturated heterocycles. The van der Waals surface area contributed by atoms with Gasteiger partial charge in [0.15, 0.2) is 11.6 Å². The van der Waals surface area contributed by atoms with Gasteiger partial charge in [-0.05, 0) is 100 Å². The van der Waals surface area contributed by atoms with Crippen molar-refractivity contribution in [2.24, 2.45) is 35.5 Å². The number of hydrogen-bond acceptors (Lipinski definition) is 3. The van der Waals surface area contributed by atoms with E-state index in [1.165, 1.54) is 57.4 Å². The highest BCUT2D eigenvalue weighted by Gasteiger charge is 2.43. The number of allylic oxidation sites excluding steroid dienone is 2. The number of nitriles is 1. The van der Waals surface area contributed by atoms with Gasteiger partial charge < -0.3 is 4.74 Å². The zero-order valence-corrected chi connectivity index (χ0v) is 20.3. The second-order valence-electron chi connectivity index (χ2n) is 10.7. The lowest BCUT2D eigenvalue weighted by atomic mass is 9.59. The first-order valence-corrected chi connectivity index (χ1v) is 13.2. The highest BCUT2D eigenvalue weighted by molar-refractivity contribution is 5.75. The van der Waals surface area contributed by atoms with Gasteiger partial charge in [0.1, 0.15) is 6.07 Å². The Balaban J connectivity index is 1.32. The van der Waals surface area contributed by atoms with E-state index in [0.29, 0.717) is 5.92 Å². The molecule has 184 valence electrons. The Labute approximate surface area is 202 Å². The predicted octanol–water partition coefficient (Wildman–Crippen LogP) is 7.74. The summed E-state index contributed by atoms with van der Waals surface area (Å²) in [5, 5.41) is 8.85. The summed E-state index contributed by atoms with van der Waals surface area (Å²) in [6.07, 6.45) is 18.6. The quantitative estimate of drug-likeness (QED) is 0.243. The van der Waals surface area contributed by atoms with Crippen LogP contribution in [0.15, 0.2) is 24.3 Å². The zero-order chi connectivity index (χ0) is 24.1. The molecule has 4 rings (SSSR count). The van der Waals surface area contributed by atoms with Crippen LogP contribution in [0.2, 0.25) is 0 Å². The Morgan fingerprint density at radius 3 is 2.53 bits per heavy atom. The molecule has 0 heterocycles. The fourth-order valence-corrected chi connectivity index (χ4v) is 7.05. The van der Waals surface area contributed by atoms with Crippen LogP contribution in [0.25, 0.3) is 0 Å². The minimum Gasteiger partial charge on any atom is -0.423 e. The number of nitrogens with zero attached hydrogens (tertiary/aromatic N) is 1. The fourth-order valence-electron chi connectivity index (χ4n) is 7.05. The van der Waals surface area contributed by atoms with Crippen molar-refractivity contribution < 1.29 is 18.3 Å². The van der Waals surface area contributed by atoms with Gasteiger partial charge in [-0.1, -0.05) is 37.8 Å². The third kappa shape index (κ3) is 5.53. The number of rotatable bonds is 6. The van der Waals surface area contributed by atoms with E-state index in [1.54, 1.807) is 6.07 Å². The summed E-state index contributed by atoms with van der Waals surface area (Å²) in [5.74, 6) is -0.358. The highest BCUT2D eigenvalue weighted by atomic mass is 19.2. The van der Waals surface area contributed by atoms with Crippen LogP contribution in [-0.2, 0) is 4.79 Å². The number of fused-ring (bicyclic) bond motifs is 1. The van der Waals surface area contributed by atoms with Crippen molar-refractivity contribution in [2.45, 2.75) is 84.0 Å². The van der Waals surface area contributed by atoms with E-state index in [0.717, 1.165) is 49.5 Å². The molecule has 0 radical (unpaired) electrons. The van der Waals surface area contributed by atoms with Gasteiger partial charge in [-0.15, -0.1) is 0 Å². The van der Waals surface area contributed by atoms with Crippen LogP contribution in [-0.4, -0.2) is 5.97 Å². The molecule has 1 aromatic carbocycles. The number of hydrogen-bond donors (Lipinski definition) is 0. The van der Waals surface area contributed by atoms with Crippen LogP contribution in [0.3, 0.4) is 0 Å². The Hall–Kier alpha value is -2.22. The highest BCUT2D eigenvalue weighted by Crippen LogP contribution is 2.50.